The quantitative estimate of drug-likeness (QED) is 0.923. The second kappa shape index (κ2) is 6.89. The molecule has 24 heavy (non-hydrogen) atoms. The Morgan fingerprint density at radius 2 is 2.04 bits per heavy atom. The van der Waals surface area contributed by atoms with Gasteiger partial charge in [-0.15, -0.1) is 0 Å². The Balaban J connectivity index is 1.43. The fourth-order valence-corrected chi connectivity index (χ4v) is 3.70. The summed E-state index contributed by atoms with van der Waals surface area (Å²) in [5.41, 5.74) is 1.12. The number of urea groups is 1. The molecule has 1 N–H and O–H groups in total. The number of hydrogen-bond acceptors (Lipinski definition) is 4. The minimum absolute atomic E-state index is 0.0271. The molecule has 130 valence electrons. The van der Waals surface area contributed by atoms with Crippen LogP contribution < -0.4 is 14.8 Å². The summed E-state index contributed by atoms with van der Waals surface area (Å²) in [6.07, 6.45) is 3.05. The van der Waals surface area contributed by atoms with Crippen LogP contribution in [0.4, 0.5) is 4.79 Å². The van der Waals surface area contributed by atoms with E-state index in [4.69, 9.17) is 14.2 Å². The van der Waals surface area contributed by atoms with Crippen LogP contribution in [0, 0.1) is 5.92 Å². The zero-order valence-corrected chi connectivity index (χ0v) is 13.8. The van der Waals surface area contributed by atoms with E-state index in [2.05, 4.69) is 11.4 Å². The van der Waals surface area contributed by atoms with E-state index < -0.39 is 0 Å². The smallest absolute Gasteiger partial charge is 0.317 e. The third kappa shape index (κ3) is 3.15. The second-order valence-corrected chi connectivity index (χ2v) is 6.67. The van der Waals surface area contributed by atoms with Crippen molar-refractivity contribution in [2.75, 3.05) is 39.5 Å². The van der Waals surface area contributed by atoms with E-state index in [9.17, 15) is 4.79 Å². The Morgan fingerprint density at radius 3 is 2.88 bits per heavy atom. The van der Waals surface area contributed by atoms with E-state index in [-0.39, 0.29) is 12.1 Å². The number of nitrogens with zero attached hydrogens (tertiary/aromatic N) is 1. The normalized spacial score (nSPS) is 25.8. The second-order valence-electron chi connectivity index (χ2n) is 6.67. The molecular weight excluding hydrogens is 308 g/mol. The van der Waals surface area contributed by atoms with Gasteiger partial charge in [0.2, 0.25) is 0 Å². The minimum atomic E-state index is 0.0271. The van der Waals surface area contributed by atoms with Crippen LogP contribution in [0.2, 0.25) is 0 Å². The summed E-state index contributed by atoms with van der Waals surface area (Å²) in [5.74, 6) is 2.03. The summed E-state index contributed by atoms with van der Waals surface area (Å²) < 4.78 is 16.6. The molecule has 2 amide bonds. The van der Waals surface area contributed by atoms with E-state index in [1.54, 1.807) is 0 Å². The van der Waals surface area contributed by atoms with Gasteiger partial charge >= 0.3 is 6.03 Å². The van der Waals surface area contributed by atoms with E-state index in [0.717, 1.165) is 56.1 Å². The number of rotatable bonds is 3. The first-order valence-corrected chi connectivity index (χ1v) is 8.83. The number of nitrogens with one attached hydrogen (secondary N) is 1. The van der Waals surface area contributed by atoms with Gasteiger partial charge in [-0.05, 0) is 37.0 Å². The van der Waals surface area contributed by atoms with Crippen LogP contribution in [-0.4, -0.2) is 50.4 Å². The van der Waals surface area contributed by atoms with E-state index >= 15 is 0 Å². The summed E-state index contributed by atoms with van der Waals surface area (Å²) >= 11 is 0. The van der Waals surface area contributed by atoms with E-state index in [1.165, 1.54) is 0 Å². The molecular formula is C18H24N2O4. The van der Waals surface area contributed by atoms with Crippen LogP contribution in [0.3, 0.4) is 0 Å². The SMILES string of the molecule is O=C(NC[C@@H]1CCOC1)N1CCC[C@H]1c1ccc2c(c1)OCCO2. The lowest BCUT2D eigenvalue weighted by Gasteiger charge is -2.27. The van der Waals surface area contributed by atoms with Crippen LogP contribution in [-0.2, 0) is 4.74 Å². The largest absolute Gasteiger partial charge is 0.486 e. The average molecular weight is 332 g/mol. The van der Waals surface area contributed by atoms with Gasteiger partial charge < -0.3 is 24.4 Å². The van der Waals surface area contributed by atoms with Crippen molar-refractivity contribution in [1.82, 2.24) is 10.2 Å². The maximum Gasteiger partial charge on any atom is 0.317 e. The molecule has 0 spiro atoms. The van der Waals surface area contributed by atoms with Gasteiger partial charge in [-0.1, -0.05) is 6.07 Å². The lowest BCUT2D eigenvalue weighted by molar-refractivity contribution is 0.170. The molecule has 0 unspecified atom stereocenters. The molecule has 4 rings (SSSR count). The molecule has 3 aliphatic heterocycles. The Bertz CT molecular complexity index is 601. The van der Waals surface area contributed by atoms with Gasteiger partial charge in [0.05, 0.1) is 12.6 Å². The average Bonchev–Trinajstić information content (AvgIpc) is 3.31. The molecule has 1 aromatic carbocycles. The lowest BCUT2D eigenvalue weighted by atomic mass is 10.0. The highest BCUT2D eigenvalue weighted by molar-refractivity contribution is 5.75. The fourth-order valence-electron chi connectivity index (χ4n) is 3.70. The third-order valence-corrected chi connectivity index (χ3v) is 5.03. The summed E-state index contributed by atoms with van der Waals surface area (Å²) in [4.78, 5) is 14.5. The molecule has 3 heterocycles. The van der Waals surface area contributed by atoms with Crippen molar-refractivity contribution >= 4 is 6.03 Å². The van der Waals surface area contributed by atoms with Crippen LogP contribution in [0.5, 0.6) is 11.5 Å². The number of amides is 2. The Morgan fingerprint density at radius 1 is 1.17 bits per heavy atom. The Labute approximate surface area is 142 Å². The third-order valence-electron chi connectivity index (χ3n) is 5.03. The Hall–Kier alpha value is -1.95. The highest BCUT2D eigenvalue weighted by Gasteiger charge is 2.31. The first-order chi connectivity index (χ1) is 11.8. The molecule has 6 heteroatoms. The van der Waals surface area contributed by atoms with E-state index in [0.29, 0.717) is 25.7 Å². The van der Waals surface area contributed by atoms with Gasteiger partial charge in [0, 0.05) is 25.6 Å². The predicted molar refractivity (Wildman–Crippen MR) is 88.4 cm³/mol. The molecule has 0 bridgehead atoms. The summed E-state index contributed by atoms with van der Waals surface area (Å²) in [6, 6.07) is 6.16. The number of carbonyl (C=O) groups is 1. The lowest BCUT2D eigenvalue weighted by Crippen LogP contribution is -2.41. The predicted octanol–water partition coefficient (Wildman–Crippen LogP) is 2.34. The molecule has 1 aromatic rings. The fraction of sp³-hybridized carbons (Fsp3) is 0.611. The van der Waals surface area contributed by atoms with Crippen LogP contribution in [0.1, 0.15) is 30.9 Å². The zero-order valence-electron chi connectivity index (χ0n) is 13.8. The van der Waals surface area contributed by atoms with Gasteiger partial charge in [-0.3, -0.25) is 0 Å². The maximum absolute atomic E-state index is 12.6. The van der Waals surface area contributed by atoms with Gasteiger partial charge in [0.25, 0.3) is 0 Å². The van der Waals surface area contributed by atoms with Crippen LogP contribution in [0.25, 0.3) is 0 Å². The van der Waals surface area contributed by atoms with Gasteiger partial charge in [0.15, 0.2) is 11.5 Å². The van der Waals surface area contributed by atoms with E-state index in [1.807, 2.05) is 17.0 Å². The van der Waals surface area contributed by atoms with Crippen LogP contribution >= 0.6 is 0 Å². The van der Waals surface area contributed by atoms with Crippen molar-refractivity contribution in [3.8, 4) is 11.5 Å². The molecule has 2 fully saturated rings. The van der Waals surface area contributed by atoms with Crippen LogP contribution in [0.15, 0.2) is 18.2 Å². The van der Waals surface area contributed by atoms with Crippen molar-refractivity contribution in [2.45, 2.75) is 25.3 Å². The molecule has 0 radical (unpaired) electrons. The molecule has 2 atom stereocenters. The topological polar surface area (TPSA) is 60.0 Å². The summed E-state index contributed by atoms with van der Waals surface area (Å²) in [7, 11) is 0. The van der Waals surface area contributed by atoms with Crippen molar-refractivity contribution in [1.29, 1.82) is 0 Å². The Kier molecular flexibility index (Phi) is 4.47. The number of ether oxygens (including phenoxy) is 3. The number of hydrogen-bond donors (Lipinski definition) is 1. The number of likely N-dealkylation sites (tertiary alicyclic amines) is 1. The molecule has 0 aliphatic carbocycles. The zero-order chi connectivity index (χ0) is 16.4. The maximum atomic E-state index is 12.6. The highest BCUT2D eigenvalue weighted by atomic mass is 16.6. The molecule has 3 aliphatic rings. The first kappa shape index (κ1) is 15.6. The van der Waals surface area contributed by atoms with Gasteiger partial charge in [-0.2, -0.15) is 0 Å². The van der Waals surface area contributed by atoms with Gasteiger partial charge in [-0.25, -0.2) is 4.79 Å². The van der Waals surface area contributed by atoms with Gasteiger partial charge in [0.1, 0.15) is 13.2 Å². The highest BCUT2D eigenvalue weighted by Crippen LogP contribution is 2.38. The molecule has 0 aromatic heterocycles. The number of carbonyl (C=O) groups excluding carboxylic acids is 1. The molecule has 2 saturated heterocycles. The summed E-state index contributed by atoms with van der Waals surface area (Å²) in [5, 5.41) is 3.08. The monoisotopic (exact) mass is 332 g/mol. The molecule has 0 saturated carbocycles. The van der Waals surface area contributed by atoms with Crippen molar-refractivity contribution < 1.29 is 19.0 Å². The minimum Gasteiger partial charge on any atom is -0.486 e. The molecule has 6 nitrogen and oxygen atoms in total. The number of benzene rings is 1. The number of fused-ring (bicyclic) bond motifs is 1. The summed E-state index contributed by atoms with van der Waals surface area (Å²) in [6.45, 7) is 4.23. The van der Waals surface area contributed by atoms with Crippen molar-refractivity contribution in [3.05, 3.63) is 23.8 Å². The van der Waals surface area contributed by atoms with Crippen molar-refractivity contribution in [3.63, 3.8) is 0 Å². The first-order valence-electron chi connectivity index (χ1n) is 8.83. The van der Waals surface area contributed by atoms with Crippen molar-refractivity contribution in [2.24, 2.45) is 5.92 Å². The standard InChI is InChI=1S/C18H24N2O4/c21-18(19-11-13-5-7-22-12-13)20-6-1-2-15(20)14-3-4-16-17(10-14)24-9-8-23-16/h3-4,10,13,15H,1-2,5-9,11-12H2,(H,19,21)/t13-,15-/m0/s1.